The van der Waals surface area contributed by atoms with Gasteiger partial charge < -0.3 is 10.6 Å². The van der Waals surface area contributed by atoms with Crippen LogP contribution in [0, 0.1) is 6.92 Å². The van der Waals surface area contributed by atoms with Gasteiger partial charge in [-0.15, -0.1) is 0 Å². The smallest absolute Gasteiger partial charge is 0.137 e. The first kappa shape index (κ1) is 11.2. The van der Waals surface area contributed by atoms with Crippen molar-refractivity contribution < 1.29 is 0 Å². The van der Waals surface area contributed by atoms with Crippen molar-refractivity contribution in [1.29, 1.82) is 0 Å². The molecule has 4 nitrogen and oxygen atoms in total. The van der Waals surface area contributed by atoms with Crippen LogP contribution in [0.25, 0.3) is 0 Å². The third kappa shape index (κ3) is 1.84. The van der Waals surface area contributed by atoms with Crippen LogP contribution in [0.5, 0.6) is 0 Å². The number of nitrogens with two attached hydrogens (primary N) is 1. The van der Waals surface area contributed by atoms with Crippen molar-refractivity contribution in [2.45, 2.75) is 46.1 Å². The highest BCUT2D eigenvalue weighted by Crippen LogP contribution is 2.28. The lowest BCUT2D eigenvalue weighted by Gasteiger charge is -2.25. The minimum atomic E-state index is 0.567. The molecule has 88 valence electrons. The predicted octanol–water partition coefficient (Wildman–Crippen LogP) is 1.92. The van der Waals surface area contributed by atoms with Gasteiger partial charge in [0.05, 0.1) is 0 Å². The molecule has 0 radical (unpaired) electrons. The third-order valence-electron chi connectivity index (χ3n) is 3.35. The van der Waals surface area contributed by atoms with E-state index in [1.54, 1.807) is 0 Å². The van der Waals surface area contributed by atoms with E-state index >= 15 is 0 Å². The lowest BCUT2D eigenvalue weighted by atomic mass is 10.2. The van der Waals surface area contributed by atoms with Crippen LogP contribution in [0.1, 0.15) is 38.1 Å². The Bertz CT molecular complexity index is 389. The second-order valence-electron chi connectivity index (χ2n) is 4.51. The van der Waals surface area contributed by atoms with Gasteiger partial charge >= 0.3 is 0 Å². The maximum atomic E-state index is 5.93. The lowest BCUT2D eigenvalue weighted by Crippen LogP contribution is -2.28. The molecule has 0 aliphatic carbocycles. The molecular weight excluding hydrogens is 200 g/mol. The Labute approximate surface area is 96.9 Å². The van der Waals surface area contributed by atoms with Crippen LogP contribution in [0.4, 0.5) is 11.6 Å². The Morgan fingerprint density at radius 3 is 2.75 bits per heavy atom. The first-order chi connectivity index (χ1) is 7.63. The first-order valence-corrected chi connectivity index (χ1v) is 6.03. The van der Waals surface area contributed by atoms with Gasteiger partial charge in [-0.05, 0) is 26.7 Å². The first-order valence-electron chi connectivity index (χ1n) is 6.03. The van der Waals surface area contributed by atoms with Gasteiger partial charge in [-0.2, -0.15) is 0 Å². The number of rotatable bonds is 2. The number of nitrogen functional groups attached to an aromatic ring is 1. The molecule has 1 aliphatic heterocycles. The zero-order valence-electron chi connectivity index (χ0n) is 10.3. The fourth-order valence-electron chi connectivity index (χ4n) is 2.25. The fourth-order valence-corrected chi connectivity index (χ4v) is 2.25. The highest BCUT2D eigenvalue weighted by atomic mass is 15.2. The topological polar surface area (TPSA) is 55.0 Å². The van der Waals surface area contributed by atoms with Crippen molar-refractivity contribution in [2.75, 3.05) is 17.2 Å². The SMILES string of the molecule is CCc1nc(N)c(C)c(N2CCCC2C)n1. The Morgan fingerprint density at radius 2 is 2.19 bits per heavy atom. The molecule has 16 heavy (non-hydrogen) atoms. The summed E-state index contributed by atoms with van der Waals surface area (Å²) in [5.74, 6) is 2.51. The highest BCUT2D eigenvalue weighted by Gasteiger charge is 2.24. The van der Waals surface area contributed by atoms with Gasteiger partial charge in [0, 0.05) is 24.6 Å². The predicted molar refractivity (Wildman–Crippen MR) is 66.6 cm³/mol. The minimum absolute atomic E-state index is 0.567. The summed E-state index contributed by atoms with van der Waals surface area (Å²) in [4.78, 5) is 11.3. The molecule has 1 unspecified atom stereocenters. The third-order valence-corrected chi connectivity index (χ3v) is 3.35. The number of aromatic nitrogens is 2. The van der Waals surface area contributed by atoms with E-state index in [1.807, 2.05) is 6.92 Å². The zero-order valence-corrected chi connectivity index (χ0v) is 10.3. The van der Waals surface area contributed by atoms with Gasteiger partial charge in [0.15, 0.2) is 0 Å². The molecule has 1 aromatic heterocycles. The molecule has 2 heterocycles. The molecule has 2 rings (SSSR count). The van der Waals surface area contributed by atoms with Crippen molar-refractivity contribution in [3.8, 4) is 0 Å². The molecule has 1 atom stereocenters. The van der Waals surface area contributed by atoms with Crippen LogP contribution < -0.4 is 10.6 Å². The van der Waals surface area contributed by atoms with E-state index in [0.29, 0.717) is 11.9 Å². The van der Waals surface area contributed by atoms with E-state index in [4.69, 9.17) is 5.73 Å². The quantitative estimate of drug-likeness (QED) is 0.827. The average Bonchev–Trinajstić information content (AvgIpc) is 2.68. The van der Waals surface area contributed by atoms with Crippen LogP contribution in [-0.4, -0.2) is 22.6 Å². The summed E-state index contributed by atoms with van der Waals surface area (Å²) in [5.41, 5.74) is 6.95. The number of hydrogen-bond acceptors (Lipinski definition) is 4. The molecule has 1 saturated heterocycles. The molecule has 1 aromatic rings. The van der Waals surface area contributed by atoms with E-state index in [1.165, 1.54) is 12.8 Å². The van der Waals surface area contributed by atoms with Crippen LogP contribution in [0.15, 0.2) is 0 Å². The maximum Gasteiger partial charge on any atom is 0.137 e. The highest BCUT2D eigenvalue weighted by molar-refractivity contribution is 5.57. The van der Waals surface area contributed by atoms with Gasteiger partial charge in [-0.1, -0.05) is 6.92 Å². The van der Waals surface area contributed by atoms with E-state index in [9.17, 15) is 0 Å². The summed E-state index contributed by atoms with van der Waals surface area (Å²) in [5, 5.41) is 0. The standard InChI is InChI=1S/C12H20N4/c1-4-10-14-11(13)9(3)12(15-10)16-7-5-6-8(16)2/h8H,4-7H2,1-3H3,(H2,13,14,15). The maximum absolute atomic E-state index is 5.93. The van der Waals surface area contributed by atoms with Crippen LogP contribution in [0.3, 0.4) is 0 Å². The molecule has 0 aromatic carbocycles. The Balaban J connectivity index is 2.42. The second-order valence-corrected chi connectivity index (χ2v) is 4.51. The van der Waals surface area contributed by atoms with Crippen LogP contribution in [-0.2, 0) is 6.42 Å². The minimum Gasteiger partial charge on any atom is -0.383 e. The van der Waals surface area contributed by atoms with Gasteiger partial charge in [0.1, 0.15) is 17.5 Å². The second kappa shape index (κ2) is 4.28. The zero-order chi connectivity index (χ0) is 11.7. The lowest BCUT2D eigenvalue weighted by molar-refractivity contribution is 0.720. The van der Waals surface area contributed by atoms with E-state index in [-0.39, 0.29) is 0 Å². The Kier molecular flexibility index (Phi) is 2.99. The molecule has 4 heteroatoms. The Hall–Kier alpha value is -1.32. The fraction of sp³-hybridized carbons (Fsp3) is 0.667. The van der Waals surface area contributed by atoms with Crippen molar-refractivity contribution in [1.82, 2.24) is 9.97 Å². The number of nitrogens with zero attached hydrogens (tertiary/aromatic N) is 3. The van der Waals surface area contributed by atoms with E-state index in [0.717, 1.165) is 30.2 Å². The van der Waals surface area contributed by atoms with Gasteiger partial charge in [0.25, 0.3) is 0 Å². The summed E-state index contributed by atoms with van der Waals surface area (Å²) in [6.45, 7) is 7.40. The summed E-state index contributed by atoms with van der Waals surface area (Å²) in [6.07, 6.45) is 3.32. The van der Waals surface area contributed by atoms with Crippen molar-refractivity contribution in [3.05, 3.63) is 11.4 Å². The van der Waals surface area contributed by atoms with Gasteiger partial charge in [0.2, 0.25) is 0 Å². The molecule has 0 bridgehead atoms. The summed E-state index contributed by atoms with van der Waals surface area (Å²) in [6, 6.07) is 0.567. The van der Waals surface area contributed by atoms with Crippen molar-refractivity contribution in [3.63, 3.8) is 0 Å². The van der Waals surface area contributed by atoms with E-state index < -0.39 is 0 Å². The van der Waals surface area contributed by atoms with Crippen molar-refractivity contribution >= 4 is 11.6 Å². The number of aryl methyl sites for hydroxylation is 1. The number of hydrogen-bond donors (Lipinski definition) is 1. The molecule has 0 saturated carbocycles. The van der Waals surface area contributed by atoms with E-state index in [2.05, 4.69) is 28.7 Å². The summed E-state index contributed by atoms with van der Waals surface area (Å²) in [7, 11) is 0. The number of anilines is 2. The molecule has 2 N–H and O–H groups in total. The van der Waals surface area contributed by atoms with Gasteiger partial charge in [-0.3, -0.25) is 0 Å². The Morgan fingerprint density at radius 1 is 1.44 bits per heavy atom. The molecule has 0 amide bonds. The van der Waals surface area contributed by atoms with Crippen LogP contribution in [0.2, 0.25) is 0 Å². The average molecular weight is 220 g/mol. The normalized spacial score (nSPS) is 20.4. The summed E-state index contributed by atoms with van der Waals surface area (Å²) < 4.78 is 0. The van der Waals surface area contributed by atoms with Gasteiger partial charge in [-0.25, -0.2) is 9.97 Å². The molecule has 1 fully saturated rings. The largest absolute Gasteiger partial charge is 0.383 e. The summed E-state index contributed by atoms with van der Waals surface area (Å²) >= 11 is 0. The molecule has 1 aliphatic rings. The molecule has 0 spiro atoms. The van der Waals surface area contributed by atoms with Crippen molar-refractivity contribution in [2.24, 2.45) is 0 Å². The van der Waals surface area contributed by atoms with Crippen LogP contribution >= 0.6 is 0 Å². The molecular formula is C12H20N4. The monoisotopic (exact) mass is 220 g/mol.